The Balaban J connectivity index is 3.15. The van der Waals surface area contributed by atoms with Crippen LogP contribution in [0.25, 0.3) is 0 Å². The Bertz CT molecular complexity index is 227. The van der Waals surface area contributed by atoms with Gasteiger partial charge in [0.15, 0.2) is 6.29 Å². The van der Waals surface area contributed by atoms with E-state index in [-0.39, 0.29) is 0 Å². The molecule has 0 amide bonds. The van der Waals surface area contributed by atoms with Gasteiger partial charge in [-0.25, -0.2) is 0 Å². The lowest BCUT2D eigenvalue weighted by Gasteiger charge is -1.79. The van der Waals surface area contributed by atoms with Crippen molar-refractivity contribution < 1.29 is 9.21 Å². The number of carbonyl (C=O) groups excluding carboxylic acids is 1. The Morgan fingerprint density at radius 1 is 1.78 bits per heavy atom. The van der Waals surface area contributed by atoms with E-state index in [9.17, 15) is 4.79 Å². The third kappa shape index (κ3) is 1.19. The Morgan fingerprint density at radius 2 is 2.44 bits per heavy atom. The van der Waals surface area contributed by atoms with Crippen LogP contribution in [-0.2, 0) is 0 Å². The number of aldehydes is 1. The van der Waals surface area contributed by atoms with Crippen molar-refractivity contribution in [2.75, 3.05) is 0 Å². The summed E-state index contributed by atoms with van der Waals surface area (Å²) in [6, 6.07) is 1.69. The van der Waals surface area contributed by atoms with Gasteiger partial charge >= 0.3 is 0 Å². The molecule has 2 nitrogen and oxygen atoms in total. The first kappa shape index (κ1) is 6.50. The van der Waals surface area contributed by atoms with Crippen molar-refractivity contribution in [1.29, 1.82) is 0 Å². The molecule has 0 aliphatic heterocycles. The second-order valence-corrected chi connectivity index (χ2v) is 2.35. The Kier molecular flexibility index (Phi) is 1.68. The van der Waals surface area contributed by atoms with Gasteiger partial charge in [-0.15, -0.1) is 0 Å². The first-order valence-corrected chi connectivity index (χ1v) is 3.13. The van der Waals surface area contributed by atoms with E-state index in [2.05, 4.69) is 9.24 Å². The molecule has 48 valence electrons. The quantitative estimate of drug-likeness (QED) is 0.430. The fraction of sp³-hybridized carbons (Fsp3) is 0.167. The average Bonchev–Trinajstić information content (AvgIpc) is 2.10. The first-order valence-electron chi connectivity index (χ1n) is 2.55. The Morgan fingerprint density at radius 3 is 2.67 bits per heavy atom. The number of hydrogen-bond acceptors (Lipinski definition) is 2. The van der Waals surface area contributed by atoms with Gasteiger partial charge in [0.25, 0.3) is 0 Å². The van der Waals surface area contributed by atoms with E-state index in [1.165, 1.54) is 0 Å². The van der Waals surface area contributed by atoms with Crippen LogP contribution in [0.3, 0.4) is 0 Å². The number of aryl methyl sites for hydroxylation is 1. The van der Waals surface area contributed by atoms with Gasteiger partial charge in [-0.2, -0.15) is 0 Å². The summed E-state index contributed by atoms with van der Waals surface area (Å²) in [5.74, 6) is 0.676. The minimum absolute atomic E-state index is 0.625. The highest BCUT2D eigenvalue weighted by atomic mass is 31.0. The van der Waals surface area contributed by atoms with Crippen LogP contribution in [0.2, 0.25) is 0 Å². The molecular weight excluding hydrogens is 135 g/mol. The van der Waals surface area contributed by atoms with Crippen molar-refractivity contribution in [3.8, 4) is 0 Å². The second kappa shape index (κ2) is 2.32. The molecule has 0 aliphatic rings. The molecule has 1 aromatic heterocycles. The second-order valence-electron chi connectivity index (χ2n) is 1.78. The SMILES string of the molecule is Cc1oc(P)cc1C=O. The molecule has 0 fully saturated rings. The molecule has 3 heteroatoms. The van der Waals surface area contributed by atoms with Crippen molar-refractivity contribution in [2.45, 2.75) is 6.92 Å². The van der Waals surface area contributed by atoms with Crippen LogP contribution < -0.4 is 5.50 Å². The third-order valence-corrected chi connectivity index (χ3v) is 1.39. The number of hydrogen-bond donors (Lipinski definition) is 0. The maximum Gasteiger partial charge on any atom is 0.153 e. The summed E-state index contributed by atoms with van der Waals surface area (Å²) in [6.45, 7) is 1.76. The van der Waals surface area contributed by atoms with Crippen molar-refractivity contribution in [3.05, 3.63) is 17.4 Å². The lowest BCUT2D eigenvalue weighted by Crippen LogP contribution is -1.77. The zero-order valence-electron chi connectivity index (χ0n) is 5.05. The Hall–Kier alpha value is -0.620. The van der Waals surface area contributed by atoms with Crippen molar-refractivity contribution in [1.82, 2.24) is 0 Å². The summed E-state index contributed by atoms with van der Waals surface area (Å²) in [4.78, 5) is 10.2. The molecular formula is C6H7O2P. The van der Waals surface area contributed by atoms with Crippen molar-refractivity contribution in [2.24, 2.45) is 0 Å². The summed E-state index contributed by atoms with van der Waals surface area (Å²) in [5.41, 5.74) is 1.33. The predicted octanol–water partition coefficient (Wildman–Crippen LogP) is 0.901. The monoisotopic (exact) mass is 142 g/mol. The molecule has 0 radical (unpaired) electrons. The summed E-state index contributed by atoms with van der Waals surface area (Å²) < 4.78 is 5.04. The molecule has 0 saturated carbocycles. The summed E-state index contributed by atoms with van der Waals surface area (Å²) in [5, 5.41) is 0. The minimum Gasteiger partial charge on any atom is -0.462 e. The normalized spacial score (nSPS) is 9.56. The van der Waals surface area contributed by atoms with Gasteiger partial charge in [-0.05, 0) is 13.0 Å². The van der Waals surface area contributed by atoms with E-state index in [1.807, 2.05) is 0 Å². The number of furan rings is 1. The molecule has 0 aromatic carbocycles. The van der Waals surface area contributed by atoms with Crippen molar-refractivity contribution >= 4 is 21.0 Å². The van der Waals surface area contributed by atoms with Gasteiger partial charge in [0.2, 0.25) is 0 Å². The van der Waals surface area contributed by atoms with Gasteiger partial charge in [0, 0.05) is 0 Å². The van der Waals surface area contributed by atoms with Crippen LogP contribution in [0, 0.1) is 6.92 Å². The molecule has 1 atom stereocenters. The number of rotatable bonds is 1. The summed E-state index contributed by atoms with van der Waals surface area (Å²) >= 11 is 0. The standard InChI is InChI=1S/C6H7O2P/c1-4-5(3-7)2-6(9)8-4/h2-3H,9H2,1H3. The molecule has 0 spiro atoms. The number of carbonyl (C=O) groups is 1. The molecule has 0 N–H and O–H groups in total. The molecule has 0 bridgehead atoms. The van der Waals surface area contributed by atoms with Gasteiger partial charge in [0.1, 0.15) is 11.3 Å². The summed E-state index contributed by atoms with van der Waals surface area (Å²) in [7, 11) is 2.39. The lowest BCUT2D eigenvalue weighted by atomic mass is 10.3. The molecule has 1 aromatic rings. The lowest BCUT2D eigenvalue weighted by molar-refractivity contribution is 0.112. The van der Waals surface area contributed by atoms with Crippen LogP contribution in [-0.4, -0.2) is 6.29 Å². The third-order valence-electron chi connectivity index (χ3n) is 1.10. The van der Waals surface area contributed by atoms with Crippen LogP contribution >= 0.6 is 9.24 Å². The Labute approximate surface area is 55.4 Å². The van der Waals surface area contributed by atoms with E-state index in [0.717, 1.165) is 6.29 Å². The average molecular weight is 142 g/mol. The fourth-order valence-electron chi connectivity index (χ4n) is 0.637. The minimum atomic E-state index is 0.625. The maximum atomic E-state index is 10.2. The molecule has 0 aliphatic carbocycles. The van der Waals surface area contributed by atoms with Gasteiger partial charge < -0.3 is 4.42 Å². The zero-order valence-corrected chi connectivity index (χ0v) is 6.20. The molecule has 1 unspecified atom stereocenters. The highest BCUT2D eigenvalue weighted by Crippen LogP contribution is 2.05. The fourth-order valence-corrected chi connectivity index (χ4v) is 0.993. The zero-order chi connectivity index (χ0) is 6.85. The van der Waals surface area contributed by atoms with Crippen LogP contribution in [0.15, 0.2) is 10.5 Å². The van der Waals surface area contributed by atoms with Crippen LogP contribution in [0.5, 0.6) is 0 Å². The molecule has 1 heterocycles. The van der Waals surface area contributed by atoms with Gasteiger partial charge in [0.05, 0.1) is 5.56 Å². The van der Waals surface area contributed by atoms with E-state index in [1.54, 1.807) is 13.0 Å². The van der Waals surface area contributed by atoms with Crippen LogP contribution in [0.1, 0.15) is 16.1 Å². The predicted molar refractivity (Wildman–Crippen MR) is 38.2 cm³/mol. The maximum absolute atomic E-state index is 10.2. The van der Waals surface area contributed by atoms with Gasteiger partial charge in [-0.1, -0.05) is 9.24 Å². The van der Waals surface area contributed by atoms with Crippen LogP contribution in [0.4, 0.5) is 0 Å². The first-order chi connectivity index (χ1) is 4.24. The highest BCUT2D eigenvalue weighted by Gasteiger charge is 2.00. The van der Waals surface area contributed by atoms with E-state index in [0.29, 0.717) is 16.8 Å². The molecule has 9 heavy (non-hydrogen) atoms. The topological polar surface area (TPSA) is 30.2 Å². The van der Waals surface area contributed by atoms with E-state index < -0.39 is 0 Å². The molecule has 0 saturated heterocycles. The van der Waals surface area contributed by atoms with E-state index in [4.69, 9.17) is 4.42 Å². The van der Waals surface area contributed by atoms with E-state index >= 15 is 0 Å². The largest absolute Gasteiger partial charge is 0.462 e. The highest BCUT2D eigenvalue weighted by molar-refractivity contribution is 7.26. The summed E-state index contributed by atoms with van der Waals surface area (Å²) in [6.07, 6.45) is 0.784. The van der Waals surface area contributed by atoms with Crippen molar-refractivity contribution in [3.63, 3.8) is 0 Å². The molecule has 1 rings (SSSR count). The smallest absolute Gasteiger partial charge is 0.153 e. The van der Waals surface area contributed by atoms with Gasteiger partial charge in [-0.3, -0.25) is 4.79 Å².